The topological polar surface area (TPSA) is 51.2 Å². The Kier molecular flexibility index (Phi) is 2.74. The molecule has 0 bridgehead atoms. The van der Waals surface area contributed by atoms with E-state index in [2.05, 4.69) is 10.3 Å². The maximum absolute atomic E-state index is 11.1. The molecule has 1 aromatic heterocycles. The number of carbonyl (C=O) groups is 1. The number of hydrogen-bond acceptors (Lipinski definition) is 4. The summed E-state index contributed by atoms with van der Waals surface area (Å²) in [6, 6.07) is 3.71. The highest BCUT2D eigenvalue weighted by molar-refractivity contribution is 5.77. The minimum Gasteiger partial charge on any atom is -0.464 e. The van der Waals surface area contributed by atoms with Crippen LogP contribution in [0.15, 0.2) is 24.5 Å². The Bertz CT molecular complexity index is 313. The summed E-state index contributed by atoms with van der Waals surface area (Å²) in [5.41, 5.74) is 1.08. The molecule has 2 heterocycles. The third-order valence-corrected chi connectivity index (χ3v) is 2.21. The number of aromatic nitrogens is 1. The molecule has 14 heavy (non-hydrogen) atoms. The molecule has 1 unspecified atom stereocenters. The van der Waals surface area contributed by atoms with Gasteiger partial charge in [0, 0.05) is 25.4 Å². The molecular formula is C10H12N2O2. The van der Waals surface area contributed by atoms with Gasteiger partial charge in [-0.05, 0) is 11.6 Å². The van der Waals surface area contributed by atoms with Crippen LogP contribution in [0.3, 0.4) is 0 Å². The molecule has 1 fully saturated rings. The standard InChI is InChI=1S/C10H12N2O2/c13-10-9(3-5-14-10)12-7-8-2-1-4-11-6-8/h1-2,4,6,9,12H,3,5,7H2. The number of pyridine rings is 1. The first-order valence-corrected chi connectivity index (χ1v) is 4.65. The first kappa shape index (κ1) is 9.15. The molecule has 1 N–H and O–H groups in total. The fourth-order valence-corrected chi connectivity index (χ4v) is 1.42. The van der Waals surface area contributed by atoms with Gasteiger partial charge in [0.2, 0.25) is 0 Å². The van der Waals surface area contributed by atoms with Crippen molar-refractivity contribution in [2.75, 3.05) is 6.61 Å². The van der Waals surface area contributed by atoms with Crippen LogP contribution in [0.25, 0.3) is 0 Å². The highest BCUT2D eigenvalue weighted by atomic mass is 16.5. The van der Waals surface area contributed by atoms with Gasteiger partial charge >= 0.3 is 5.97 Å². The Hall–Kier alpha value is -1.42. The van der Waals surface area contributed by atoms with Crippen LogP contribution in [0.1, 0.15) is 12.0 Å². The summed E-state index contributed by atoms with van der Waals surface area (Å²) >= 11 is 0. The summed E-state index contributed by atoms with van der Waals surface area (Å²) in [4.78, 5) is 15.1. The Balaban J connectivity index is 1.85. The van der Waals surface area contributed by atoms with E-state index < -0.39 is 0 Å². The zero-order valence-electron chi connectivity index (χ0n) is 7.77. The summed E-state index contributed by atoms with van der Waals surface area (Å²) in [6.07, 6.45) is 4.28. The summed E-state index contributed by atoms with van der Waals surface area (Å²) < 4.78 is 4.84. The van der Waals surface area contributed by atoms with E-state index in [4.69, 9.17) is 4.74 Å². The van der Waals surface area contributed by atoms with Crippen LogP contribution in [0, 0.1) is 0 Å². The lowest BCUT2D eigenvalue weighted by Crippen LogP contribution is -2.32. The summed E-state index contributed by atoms with van der Waals surface area (Å²) in [7, 11) is 0. The van der Waals surface area contributed by atoms with E-state index in [0.717, 1.165) is 12.0 Å². The van der Waals surface area contributed by atoms with Crippen molar-refractivity contribution in [1.82, 2.24) is 10.3 Å². The van der Waals surface area contributed by atoms with Crippen molar-refractivity contribution in [1.29, 1.82) is 0 Å². The van der Waals surface area contributed by atoms with Gasteiger partial charge in [-0.15, -0.1) is 0 Å². The number of nitrogens with one attached hydrogen (secondary N) is 1. The van der Waals surface area contributed by atoms with Gasteiger partial charge in [-0.2, -0.15) is 0 Å². The molecule has 1 aliphatic rings. The van der Waals surface area contributed by atoms with Crippen molar-refractivity contribution >= 4 is 5.97 Å². The number of rotatable bonds is 3. The average molecular weight is 192 g/mol. The molecule has 4 heteroatoms. The van der Waals surface area contributed by atoms with Crippen LogP contribution in [0.4, 0.5) is 0 Å². The fraction of sp³-hybridized carbons (Fsp3) is 0.400. The molecule has 2 rings (SSSR count). The van der Waals surface area contributed by atoms with Crippen LogP contribution >= 0.6 is 0 Å². The lowest BCUT2D eigenvalue weighted by molar-refractivity contribution is -0.139. The maximum atomic E-state index is 11.1. The molecule has 0 aliphatic carbocycles. The van der Waals surface area contributed by atoms with Crippen LogP contribution in [0.5, 0.6) is 0 Å². The minimum atomic E-state index is -0.145. The van der Waals surface area contributed by atoms with E-state index in [9.17, 15) is 4.79 Å². The molecular weight excluding hydrogens is 180 g/mol. The highest BCUT2D eigenvalue weighted by Crippen LogP contribution is 2.06. The van der Waals surface area contributed by atoms with Gasteiger partial charge in [0.25, 0.3) is 0 Å². The predicted octanol–water partition coefficient (Wildman–Crippen LogP) is 0.487. The number of nitrogens with zero attached hydrogens (tertiary/aromatic N) is 1. The number of esters is 1. The number of cyclic esters (lactones) is 1. The van der Waals surface area contributed by atoms with Gasteiger partial charge in [-0.3, -0.25) is 9.78 Å². The SMILES string of the molecule is O=C1OCCC1NCc1cccnc1. The molecule has 74 valence electrons. The molecule has 0 saturated carbocycles. The number of carbonyl (C=O) groups excluding carboxylic acids is 1. The van der Waals surface area contributed by atoms with Crippen LogP contribution in [-0.4, -0.2) is 23.6 Å². The third kappa shape index (κ3) is 2.09. The van der Waals surface area contributed by atoms with E-state index in [1.807, 2.05) is 12.1 Å². The normalized spacial score (nSPS) is 20.9. The monoisotopic (exact) mass is 192 g/mol. The quantitative estimate of drug-likeness (QED) is 0.708. The molecule has 0 aromatic carbocycles. The Morgan fingerprint density at radius 3 is 3.21 bits per heavy atom. The summed E-state index contributed by atoms with van der Waals surface area (Å²) in [6.45, 7) is 1.19. The first-order valence-electron chi connectivity index (χ1n) is 4.65. The zero-order chi connectivity index (χ0) is 9.80. The van der Waals surface area contributed by atoms with Gasteiger partial charge in [-0.25, -0.2) is 0 Å². The molecule has 4 nitrogen and oxygen atoms in total. The van der Waals surface area contributed by atoms with Crippen LogP contribution in [0.2, 0.25) is 0 Å². The van der Waals surface area contributed by atoms with Crippen LogP contribution < -0.4 is 5.32 Å². The van der Waals surface area contributed by atoms with E-state index in [1.54, 1.807) is 12.4 Å². The Morgan fingerprint density at radius 1 is 1.64 bits per heavy atom. The van der Waals surface area contributed by atoms with E-state index in [0.29, 0.717) is 13.2 Å². The third-order valence-electron chi connectivity index (χ3n) is 2.21. The molecule has 0 radical (unpaired) electrons. The molecule has 1 atom stereocenters. The molecule has 1 aromatic rings. The summed E-state index contributed by atoms with van der Waals surface area (Å²) in [5, 5.41) is 3.13. The van der Waals surface area contributed by atoms with Gasteiger partial charge in [0.15, 0.2) is 0 Å². The Morgan fingerprint density at radius 2 is 2.57 bits per heavy atom. The maximum Gasteiger partial charge on any atom is 0.323 e. The van der Waals surface area contributed by atoms with E-state index in [1.165, 1.54) is 0 Å². The smallest absolute Gasteiger partial charge is 0.323 e. The zero-order valence-corrected chi connectivity index (χ0v) is 7.77. The lowest BCUT2D eigenvalue weighted by atomic mass is 10.2. The van der Waals surface area contributed by atoms with Gasteiger partial charge < -0.3 is 10.1 Å². The molecule has 1 aliphatic heterocycles. The number of ether oxygens (including phenoxy) is 1. The second-order valence-corrected chi connectivity index (χ2v) is 3.25. The van der Waals surface area contributed by atoms with Gasteiger partial charge in [0.1, 0.15) is 6.04 Å². The van der Waals surface area contributed by atoms with Crippen LogP contribution in [-0.2, 0) is 16.1 Å². The van der Waals surface area contributed by atoms with E-state index in [-0.39, 0.29) is 12.0 Å². The van der Waals surface area contributed by atoms with Crippen molar-refractivity contribution in [3.05, 3.63) is 30.1 Å². The van der Waals surface area contributed by atoms with Gasteiger partial charge in [0.05, 0.1) is 6.61 Å². The van der Waals surface area contributed by atoms with Crippen molar-refractivity contribution in [2.45, 2.75) is 19.0 Å². The summed E-state index contributed by atoms with van der Waals surface area (Å²) in [5.74, 6) is -0.145. The first-order chi connectivity index (χ1) is 6.86. The second kappa shape index (κ2) is 4.19. The second-order valence-electron chi connectivity index (χ2n) is 3.25. The average Bonchev–Trinajstić information content (AvgIpc) is 2.63. The molecule has 0 amide bonds. The molecule has 1 saturated heterocycles. The molecule has 0 spiro atoms. The van der Waals surface area contributed by atoms with E-state index >= 15 is 0 Å². The Labute approximate surface area is 82.3 Å². The van der Waals surface area contributed by atoms with Crippen molar-refractivity contribution in [3.8, 4) is 0 Å². The predicted molar refractivity (Wildman–Crippen MR) is 50.4 cm³/mol. The largest absolute Gasteiger partial charge is 0.464 e. The van der Waals surface area contributed by atoms with Gasteiger partial charge in [-0.1, -0.05) is 6.07 Å². The number of hydrogen-bond donors (Lipinski definition) is 1. The minimum absolute atomic E-state index is 0.143. The van der Waals surface area contributed by atoms with Crippen molar-refractivity contribution in [3.63, 3.8) is 0 Å². The lowest BCUT2D eigenvalue weighted by Gasteiger charge is -2.07. The van der Waals surface area contributed by atoms with Crippen molar-refractivity contribution < 1.29 is 9.53 Å². The fourth-order valence-electron chi connectivity index (χ4n) is 1.42. The highest BCUT2D eigenvalue weighted by Gasteiger charge is 2.25. The van der Waals surface area contributed by atoms with Crippen molar-refractivity contribution in [2.24, 2.45) is 0 Å².